The van der Waals surface area contributed by atoms with Crippen molar-refractivity contribution in [2.45, 2.75) is 25.4 Å². The summed E-state index contributed by atoms with van der Waals surface area (Å²) in [5, 5.41) is 6.01. The number of hydrogen-bond donors (Lipinski definition) is 3. The van der Waals surface area contributed by atoms with E-state index in [2.05, 4.69) is 10.6 Å². The summed E-state index contributed by atoms with van der Waals surface area (Å²) < 4.78 is 0. The van der Waals surface area contributed by atoms with Gasteiger partial charge in [0.2, 0.25) is 5.91 Å². The van der Waals surface area contributed by atoms with Gasteiger partial charge in [-0.05, 0) is 24.5 Å². The second-order valence-electron chi connectivity index (χ2n) is 4.14. The highest BCUT2D eigenvalue weighted by Gasteiger charge is 2.22. The van der Waals surface area contributed by atoms with Crippen molar-refractivity contribution in [2.24, 2.45) is 0 Å². The monoisotopic (exact) mass is 219 g/mol. The Balaban J connectivity index is 1.70. The van der Waals surface area contributed by atoms with Crippen molar-refractivity contribution in [3.63, 3.8) is 0 Å². The molecule has 16 heavy (non-hydrogen) atoms. The topological polar surface area (TPSA) is 67.1 Å². The largest absolute Gasteiger partial charge is 0.398 e. The molecule has 1 fully saturated rings. The minimum Gasteiger partial charge on any atom is -0.398 e. The van der Waals surface area contributed by atoms with Crippen LogP contribution in [0.3, 0.4) is 0 Å². The third kappa shape index (κ3) is 3.24. The van der Waals surface area contributed by atoms with Crippen LogP contribution in [0.4, 0.5) is 5.69 Å². The number of carbonyl (C=O) groups is 1. The van der Waals surface area contributed by atoms with Gasteiger partial charge in [0.25, 0.3) is 0 Å². The van der Waals surface area contributed by atoms with Crippen molar-refractivity contribution in [1.82, 2.24) is 10.6 Å². The van der Waals surface area contributed by atoms with E-state index in [1.165, 1.54) is 0 Å². The number of carbonyl (C=O) groups excluding carboxylic acids is 1. The van der Waals surface area contributed by atoms with Crippen LogP contribution >= 0.6 is 0 Å². The van der Waals surface area contributed by atoms with E-state index < -0.39 is 0 Å². The van der Waals surface area contributed by atoms with Crippen LogP contribution in [-0.4, -0.2) is 18.5 Å². The molecule has 4 nitrogen and oxygen atoms in total. The molecule has 0 atom stereocenters. The van der Waals surface area contributed by atoms with E-state index in [0.29, 0.717) is 19.1 Å². The van der Waals surface area contributed by atoms with E-state index in [1.54, 1.807) is 0 Å². The van der Waals surface area contributed by atoms with Crippen LogP contribution in [0.15, 0.2) is 24.3 Å². The van der Waals surface area contributed by atoms with Crippen molar-refractivity contribution in [2.75, 3.05) is 12.3 Å². The Labute approximate surface area is 95.2 Å². The van der Waals surface area contributed by atoms with Crippen LogP contribution in [0, 0.1) is 0 Å². The number of nitrogen functional groups attached to an aromatic ring is 1. The SMILES string of the molecule is Nc1ccccc1CNCC(=O)NC1CC1. The molecule has 1 amide bonds. The summed E-state index contributed by atoms with van der Waals surface area (Å²) in [7, 11) is 0. The molecule has 4 N–H and O–H groups in total. The molecule has 0 bridgehead atoms. The van der Waals surface area contributed by atoms with Crippen molar-refractivity contribution < 1.29 is 4.79 Å². The fourth-order valence-corrected chi connectivity index (χ4v) is 1.51. The highest BCUT2D eigenvalue weighted by molar-refractivity contribution is 5.78. The van der Waals surface area contributed by atoms with E-state index in [-0.39, 0.29) is 5.91 Å². The van der Waals surface area contributed by atoms with Gasteiger partial charge < -0.3 is 16.4 Å². The summed E-state index contributed by atoms with van der Waals surface area (Å²) >= 11 is 0. The maximum Gasteiger partial charge on any atom is 0.234 e. The lowest BCUT2D eigenvalue weighted by molar-refractivity contribution is -0.120. The Bertz CT molecular complexity index is 374. The molecule has 0 radical (unpaired) electrons. The first kappa shape index (κ1) is 11.0. The van der Waals surface area contributed by atoms with Crippen LogP contribution in [-0.2, 0) is 11.3 Å². The van der Waals surface area contributed by atoms with Gasteiger partial charge in [0.05, 0.1) is 6.54 Å². The molecule has 1 aromatic rings. The van der Waals surface area contributed by atoms with Crippen molar-refractivity contribution >= 4 is 11.6 Å². The van der Waals surface area contributed by atoms with Gasteiger partial charge in [-0.15, -0.1) is 0 Å². The molecule has 0 aliphatic heterocycles. The minimum atomic E-state index is 0.0667. The lowest BCUT2D eigenvalue weighted by atomic mass is 10.2. The van der Waals surface area contributed by atoms with Gasteiger partial charge in [0.15, 0.2) is 0 Å². The standard InChI is InChI=1S/C12H17N3O/c13-11-4-2-1-3-9(11)7-14-8-12(16)15-10-5-6-10/h1-4,10,14H,5-8,13H2,(H,15,16). The Hall–Kier alpha value is -1.55. The normalized spacial score (nSPS) is 14.8. The van der Waals surface area contributed by atoms with E-state index in [1.807, 2.05) is 24.3 Å². The zero-order valence-corrected chi connectivity index (χ0v) is 9.20. The summed E-state index contributed by atoms with van der Waals surface area (Å²) in [5.74, 6) is 0.0667. The molecular weight excluding hydrogens is 202 g/mol. The first-order valence-electron chi connectivity index (χ1n) is 5.59. The van der Waals surface area contributed by atoms with E-state index in [0.717, 1.165) is 24.1 Å². The highest BCUT2D eigenvalue weighted by atomic mass is 16.2. The van der Waals surface area contributed by atoms with Gasteiger partial charge in [-0.1, -0.05) is 18.2 Å². The van der Waals surface area contributed by atoms with Crippen molar-refractivity contribution in [3.8, 4) is 0 Å². The maximum atomic E-state index is 11.4. The molecular formula is C12H17N3O. The summed E-state index contributed by atoms with van der Waals surface area (Å²) in [6.45, 7) is 0.982. The highest BCUT2D eigenvalue weighted by Crippen LogP contribution is 2.18. The summed E-state index contributed by atoms with van der Waals surface area (Å²) in [5.41, 5.74) is 7.58. The second-order valence-corrected chi connectivity index (χ2v) is 4.14. The van der Waals surface area contributed by atoms with Crippen LogP contribution in [0.5, 0.6) is 0 Å². The average Bonchev–Trinajstić information content (AvgIpc) is 3.05. The van der Waals surface area contributed by atoms with Gasteiger partial charge in [0.1, 0.15) is 0 Å². The predicted molar refractivity (Wildman–Crippen MR) is 63.7 cm³/mol. The van der Waals surface area contributed by atoms with E-state index >= 15 is 0 Å². The molecule has 0 heterocycles. The lowest BCUT2D eigenvalue weighted by Crippen LogP contribution is -2.34. The molecule has 0 saturated heterocycles. The van der Waals surface area contributed by atoms with Gasteiger partial charge in [0, 0.05) is 18.3 Å². The summed E-state index contributed by atoms with van der Waals surface area (Å²) in [4.78, 5) is 11.4. The lowest BCUT2D eigenvalue weighted by Gasteiger charge is -2.07. The molecule has 2 rings (SSSR count). The van der Waals surface area contributed by atoms with Crippen LogP contribution in [0.25, 0.3) is 0 Å². The van der Waals surface area contributed by atoms with Crippen LogP contribution in [0.2, 0.25) is 0 Å². The smallest absolute Gasteiger partial charge is 0.234 e. The summed E-state index contributed by atoms with van der Waals surface area (Å²) in [6.07, 6.45) is 2.24. The first-order chi connectivity index (χ1) is 7.75. The van der Waals surface area contributed by atoms with E-state index in [9.17, 15) is 4.79 Å². The fourth-order valence-electron chi connectivity index (χ4n) is 1.51. The molecule has 1 aliphatic carbocycles. The maximum absolute atomic E-state index is 11.4. The third-order valence-corrected chi connectivity index (χ3v) is 2.60. The quantitative estimate of drug-likeness (QED) is 0.636. The van der Waals surface area contributed by atoms with Crippen molar-refractivity contribution in [3.05, 3.63) is 29.8 Å². The molecule has 1 aromatic carbocycles. The summed E-state index contributed by atoms with van der Waals surface area (Å²) in [6, 6.07) is 8.09. The number of anilines is 1. The number of nitrogens with two attached hydrogens (primary N) is 1. The third-order valence-electron chi connectivity index (χ3n) is 2.60. The van der Waals surface area contributed by atoms with Gasteiger partial charge in [-0.25, -0.2) is 0 Å². The number of para-hydroxylation sites is 1. The minimum absolute atomic E-state index is 0.0667. The predicted octanol–water partition coefficient (Wildman–Crippen LogP) is 0.637. The molecule has 0 aromatic heterocycles. The molecule has 0 unspecified atom stereocenters. The number of hydrogen-bond acceptors (Lipinski definition) is 3. The molecule has 4 heteroatoms. The zero-order chi connectivity index (χ0) is 11.4. The molecule has 1 saturated carbocycles. The van der Waals surface area contributed by atoms with Crippen molar-refractivity contribution in [1.29, 1.82) is 0 Å². The molecule has 1 aliphatic rings. The number of benzene rings is 1. The molecule has 86 valence electrons. The Morgan fingerprint density at radius 1 is 1.38 bits per heavy atom. The fraction of sp³-hybridized carbons (Fsp3) is 0.417. The number of rotatable bonds is 5. The van der Waals surface area contributed by atoms with Gasteiger partial charge in [-0.3, -0.25) is 4.79 Å². The van der Waals surface area contributed by atoms with Crippen LogP contribution in [0.1, 0.15) is 18.4 Å². The van der Waals surface area contributed by atoms with Gasteiger partial charge >= 0.3 is 0 Å². The Morgan fingerprint density at radius 3 is 2.81 bits per heavy atom. The van der Waals surface area contributed by atoms with E-state index in [4.69, 9.17) is 5.73 Å². The zero-order valence-electron chi connectivity index (χ0n) is 9.20. The first-order valence-corrected chi connectivity index (χ1v) is 5.59. The second kappa shape index (κ2) is 4.99. The van der Waals surface area contributed by atoms with Crippen LogP contribution < -0.4 is 16.4 Å². The molecule has 0 spiro atoms. The Morgan fingerprint density at radius 2 is 2.12 bits per heavy atom. The number of amides is 1. The average molecular weight is 219 g/mol. The number of nitrogens with one attached hydrogen (secondary N) is 2. The van der Waals surface area contributed by atoms with Gasteiger partial charge in [-0.2, -0.15) is 0 Å². The Kier molecular flexibility index (Phi) is 3.41.